The van der Waals surface area contributed by atoms with Gasteiger partial charge in [-0.05, 0) is 45.7 Å². The zero-order chi connectivity index (χ0) is 26.5. The predicted molar refractivity (Wildman–Crippen MR) is 166 cm³/mol. The number of hydrogen-bond acceptors (Lipinski definition) is 2. The van der Waals surface area contributed by atoms with Gasteiger partial charge in [0.1, 0.15) is 0 Å². The summed E-state index contributed by atoms with van der Waals surface area (Å²) in [6.45, 7) is 0. The summed E-state index contributed by atoms with van der Waals surface area (Å²) in [5, 5.41) is 2.55. The van der Waals surface area contributed by atoms with Gasteiger partial charge in [0, 0.05) is 39.6 Å². The quantitative estimate of drug-likeness (QED) is 0.236. The Labute approximate surface area is 233 Å². The Hall–Kier alpha value is -5.34. The highest BCUT2D eigenvalue weighted by atomic mass is 14.7. The first-order valence-electron chi connectivity index (χ1n) is 13.6. The van der Waals surface area contributed by atoms with Crippen LogP contribution in [-0.2, 0) is 0 Å². The lowest BCUT2D eigenvalue weighted by Crippen LogP contribution is -1.99. The average Bonchev–Trinajstić information content (AvgIpc) is 3.38. The molecule has 7 aromatic rings. The summed E-state index contributed by atoms with van der Waals surface area (Å²) in [6.07, 6.45) is 1.84. The minimum absolute atomic E-state index is 0.951. The van der Waals surface area contributed by atoms with Gasteiger partial charge in [0.25, 0.3) is 0 Å². The molecule has 0 spiro atoms. The molecule has 0 N–H and O–H groups in total. The number of fused-ring (bicyclic) bond motifs is 3. The zero-order valence-electron chi connectivity index (χ0n) is 21.8. The minimum atomic E-state index is 0.951. The van der Waals surface area contributed by atoms with E-state index in [2.05, 4.69) is 132 Å². The van der Waals surface area contributed by atoms with Crippen molar-refractivity contribution in [2.75, 3.05) is 0 Å². The fourth-order valence-electron chi connectivity index (χ4n) is 6.13. The Morgan fingerprint density at radius 1 is 0.400 bits per heavy atom. The van der Waals surface area contributed by atoms with E-state index in [1.807, 2.05) is 18.3 Å². The first-order chi connectivity index (χ1) is 19.9. The van der Waals surface area contributed by atoms with Crippen LogP contribution in [0.3, 0.4) is 0 Å². The van der Waals surface area contributed by atoms with E-state index in [-0.39, 0.29) is 0 Å². The second-order valence-corrected chi connectivity index (χ2v) is 10.2. The molecule has 40 heavy (non-hydrogen) atoms. The highest BCUT2D eigenvalue weighted by molar-refractivity contribution is 6.21. The lowest BCUT2D eigenvalue weighted by atomic mass is 9.87. The third-order valence-electron chi connectivity index (χ3n) is 7.85. The van der Waals surface area contributed by atoms with Gasteiger partial charge >= 0.3 is 0 Å². The van der Waals surface area contributed by atoms with Gasteiger partial charge in [-0.2, -0.15) is 0 Å². The van der Waals surface area contributed by atoms with E-state index in [1.165, 1.54) is 33.0 Å². The van der Waals surface area contributed by atoms with Crippen LogP contribution in [-0.4, -0.2) is 9.97 Å². The molecule has 0 radical (unpaired) electrons. The molecule has 8 rings (SSSR count). The third-order valence-corrected chi connectivity index (χ3v) is 7.85. The molecule has 1 aliphatic carbocycles. The van der Waals surface area contributed by atoms with Crippen LogP contribution in [0.5, 0.6) is 0 Å². The Morgan fingerprint density at radius 3 is 1.73 bits per heavy atom. The van der Waals surface area contributed by atoms with E-state index in [1.54, 1.807) is 0 Å². The van der Waals surface area contributed by atoms with Crippen molar-refractivity contribution in [2.45, 2.75) is 0 Å². The Kier molecular flexibility index (Phi) is 5.17. The molecule has 2 heterocycles. The number of benzene rings is 5. The van der Waals surface area contributed by atoms with E-state index in [0.717, 1.165) is 44.9 Å². The van der Waals surface area contributed by atoms with Crippen molar-refractivity contribution >= 4 is 10.8 Å². The molecule has 2 nitrogen and oxygen atoms in total. The molecule has 2 heteroatoms. The SMILES string of the molecule is c1ccc(-c2nc(-c3cccc(-c4ccccn4)c3)c(-c3ccccc3)c3c2-c2cccc4cccc-3c24)cc1. The van der Waals surface area contributed by atoms with E-state index in [9.17, 15) is 0 Å². The molecule has 0 amide bonds. The lowest BCUT2D eigenvalue weighted by molar-refractivity contribution is 1.31. The molecule has 0 unspecified atom stereocenters. The Morgan fingerprint density at radius 2 is 1.00 bits per heavy atom. The topological polar surface area (TPSA) is 25.8 Å². The van der Waals surface area contributed by atoms with Gasteiger partial charge in [-0.15, -0.1) is 0 Å². The molecule has 0 saturated carbocycles. The standard InChI is InChI=1S/C38H24N2/c1-3-12-26(13-4-1)34-35-30-20-10-16-25-17-11-21-31(33(25)30)36(35)37(27-14-5-2-6-15-27)40-38(34)29-19-9-18-28(24-29)32-22-7-8-23-39-32/h1-24H. The lowest BCUT2D eigenvalue weighted by Gasteiger charge is -2.20. The highest BCUT2D eigenvalue weighted by Gasteiger charge is 2.31. The first kappa shape index (κ1) is 22.6. The van der Waals surface area contributed by atoms with Crippen molar-refractivity contribution in [2.24, 2.45) is 0 Å². The van der Waals surface area contributed by atoms with E-state index in [4.69, 9.17) is 4.98 Å². The molecule has 0 bridgehead atoms. The van der Waals surface area contributed by atoms with Gasteiger partial charge in [0.2, 0.25) is 0 Å². The molecule has 0 saturated heterocycles. The summed E-state index contributed by atoms with van der Waals surface area (Å²) in [4.78, 5) is 10.2. The Bertz CT molecular complexity index is 2020. The highest BCUT2D eigenvalue weighted by Crippen LogP contribution is 2.56. The number of hydrogen-bond donors (Lipinski definition) is 0. The van der Waals surface area contributed by atoms with Crippen molar-refractivity contribution in [1.29, 1.82) is 0 Å². The molecule has 186 valence electrons. The van der Waals surface area contributed by atoms with Crippen molar-refractivity contribution in [3.8, 4) is 67.2 Å². The van der Waals surface area contributed by atoms with Crippen LogP contribution in [0.4, 0.5) is 0 Å². The van der Waals surface area contributed by atoms with Gasteiger partial charge in [-0.3, -0.25) is 4.98 Å². The number of nitrogens with zero attached hydrogens (tertiary/aromatic N) is 2. The number of rotatable bonds is 4. The van der Waals surface area contributed by atoms with Crippen LogP contribution >= 0.6 is 0 Å². The molecule has 0 aliphatic heterocycles. The van der Waals surface area contributed by atoms with Crippen molar-refractivity contribution in [3.63, 3.8) is 0 Å². The molecule has 0 atom stereocenters. The van der Waals surface area contributed by atoms with Gasteiger partial charge in [-0.1, -0.05) is 121 Å². The molecular weight excluding hydrogens is 484 g/mol. The van der Waals surface area contributed by atoms with Crippen molar-refractivity contribution in [1.82, 2.24) is 9.97 Å². The van der Waals surface area contributed by atoms with Crippen LogP contribution in [0.2, 0.25) is 0 Å². The first-order valence-corrected chi connectivity index (χ1v) is 13.6. The maximum absolute atomic E-state index is 5.55. The van der Waals surface area contributed by atoms with Gasteiger partial charge in [0.05, 0.1) is 17.1 Å². The van der Waals surface area contributed by atoms with Crippen molar-refractivity contribution in [3.05, 3.63) is 146 Å². The second kappa shape index (κ2) is 9.14. The number of aromatic nitrogens is 2. The van der Waals surface area contributed by atoms with Gasteiger partial charge in [-0.25, -0.2) is 4.98 Å². The summed E-state index contributed by atoms with van der Waals surface area (Å²) in [6, 6.07) is 49.3. The van der Waals surface area contributed by atoms with E-state index in [0.29, 0.717) is 0 Å². The molecule has 1 aliphatic rings. The minimum Gasteiger partial charge on any atom is -0.256 e. The summed E-state index contributed by atoms with van der Waals surface area (Å²) in [5.74, 6) is 0. The van der Waals surface area contributed by atoms with E-state index >= 15 is 0 Å². The Balaban J connectivity index is 1.52. The molecule has 0 fully saturated rings. The number of pyridine rings is 2. The largest absolute Gasteiger partial charge is 0.256 e. The molecule has 5 aromatic carbocycles. The third kappa shape index (κ3) is 3.50. The summed E-state index contributed by atoms with van der Waals surface area (Å²) in [5.41, 5.74) is 13.5. The van der Waals surface area contributed by atoms with Crippen LogP contribution in [0.25, 0.3) is 77.9 Å². The van der Waals surface area contributed by atoms with E-state index < -0.39 is 0 Å². The monoisotopic (exact) mass is 508 g/mol. The average molecular weight is 509 g/mol. The molecular formula is C38H24N2. The summed E-state index contributed by atoms with van der Waals surface area (Å²) >= 11 is 0. The van der Waals surface area contributed by atoms with Gasteiger partial charge in [0.15, 0.2) is 0 Å². The molecule has 2 aromatic heterocycles. The van der Waals surface area contributed by atoms with Gasteiger partial charge < -0.3 is 0 Å². The smallest absolute Gasteiger partial charge is 0.0794 e. The zero-order valence-corrected chi connectivity index (χ0v) is 21.8. The maximum Gasteiger partial charge on any atom is 0.0794 e. The normalized spacial score (nSPS) is 11.5. The summed E-state index contributed by atoms with van der Waals surface area (Å²) in [7, 11) is 0. The summed E-state index contributed by atoms with van der Waals surface area (Å²) < 4.78 is 0. The van der Waals surface area contributed by atoms with Crippen molar-refractivity contribution < 1.29 is 0 Å². The predicted octanol–water partition coefficient (Wildman–Crippen LogP) is 9.95. The van der Waals surface area contributed by atoms with Crippen LogP contribution < -0.4 is 0 Å². The maximum atomic E-state index is 5.55. The van der Waals surface area contributed by atoms with Crippen LogP contribution in [0, 0.1) is 0 Å². The van der Waals surface area contributed by atoms with Crippen LogP contribution in [0.15, 0.2) is 146 Å². The fraction of sp³-hybridized carbons (Fsp3) is 0. The second-order valence-electron chi connectivity index (χ2n) is 10.2. The fourth-order valence-corrected chi connectivity index (χ4v) is 6.13. The van der Waals surface area contributed by atoms with Crippen LogP contribution in [0.1, 0.15) is 0 Å².